The van der Waals surface area contributed by atoms with Gasteiger partial charge in [-0.15, -0.1) is 0 Å². The summed E-state index contributed by atoms with van der Waals surface area (Å²) in [5.41, 5.74) is 5.58. The molecule has 1 heterocycles. The lowest BCUT2D eigenvalue weighted by molar-refractivity contribution is 0.672. The van der Waals surface area contributed by atoms with Crippen LogP contribution in [0.2, 0.25) is 0 Å². The molecule has 0 unspecified atom stereocenters. The van der Waals surface area contributed by atoms with Crippen LogP contribution in [0.15, 0.2) is 229 Å². The van der Waals surface area contributed by atoms with Crippen LogP contribution in [-0.2, 0) is 0 Å². The number of anilines is 3. The number of benzene rings is 10. The quantitative estimate of drug-likeness (QED) is 0.161. The molecule has 0 saturated carbocycles. The summed E-state index contributed by atoms with van der Waals surface area (Å²) in [4.78, 5) is 1.37. The van der Waals surface area contributed by atoms with E-state index in [0.29, 0.717) is 38.8 Å². The molecule has 0 bridgehead atoms. The summed E-state index contributed by atoms with van der Waals surface area (Å²) in [6, 6.07) is 52.6. The molecule has 0 saturated heterocycles. The van der Waals surface area contributed by atoms with E-state index >= 15 is 0 Å². The predicted molar refractivity (Wildman–Crippen MR) is 245 cm³/mol. The summed E-state index contributed by atoms with van der Waals surface area (Å²) in [6.45, 7) is 0. The van der Waals surface area contributed by atoms with Gasteiger partial charge in [-0.25, -0.2) is 0 Å². The maximum atomic E-state index is 9.78. The van der Waals surface area contributed by atoms with Gasteiger partial charge in [0.1, 0.15) is 11.2 Å². The SMILES string of the molecule is [2H]c1c([2H])c(N(c2c([2H])c([2H])c(-c3cccc(-c4cccc5ccccc45)c3)c([2H])c2[2H])c2cccc3oc4c5ccccc5ccc4c23)c([2H])c([2H])c1-c1cccc(-c2ccccc2)c1. The number of fused-ring (bicyclic) bond motifs is 6. The minimum absolute atomic E-state index is 0.0856. The lowest BCUT2D eigenvalue weighted by atomic mass is 9.95. The van der Waals surface area contributed by atoms with Crippen molar-refractivity contribution in [3.8, 4) is 44.5 Å². The van der Waals surface area contributed by atoms with Crippen molar-refractivity contribution >= 4 is 60.5 Å². The van der Waals surface area contributed by atoms with E-state index in [4.69, 9.17) is 4.42 Å². The van der Waals surface area contributed by atoms with E-state index in [1.165, 1.54) is 4.90 Å². The molecular formula is C56H37NO. The van der Waals surface area contributed by atoms with Gasteiger partial charge in [0.2, 0.25) is 0 Å². The molecule has 0 spiro atoms. The molecule has 2 nitrogen and oxygen atoms in total. The second kappa shape index (κ2) is 14.1. The topological polar surface area (TPSA) is 16.4 Å². The monoisotopic (exact) mass is 747 g/mol. The van der Waals surface area contributed by atoms with Crippen LogP contribution >= 0.6 is 0 Å². The van der Waals surface area contributed by atoms with Crippen molar-refractivity contribution in [3.63, 3.8) is 0 Å². The number of rotatable bonds is 7. The smallest absolute Gasteiger partial charge is 0.143 e. The largest absolute Gasteiger partial charge is 0.455 e. The fraction of sp³-hybridized carbons (Fsp3) is 0. The Kier molecular flexibility index (Phi) is 6.38. The molecule has 0 fully saturated rings. The van der Waals surface area contributed by atoms with Crippen LogP contribution < -0.4 is 4.90 Å². The first kappa shape index (κ1) is 26.2. The molecule has 0 aliphatic heterocycles. The Morgan fingerprint density at radius 1 is 0.362 bits per heavy atom. The van der Waals surface area contributed by atoms with Gasteiger partial charge in [0.05, 0.1) is 22.0 Å². The molecule has 0 radical (unpaired) electrons. The summed E-state index contributed by atoms with van der Waals surface area (Å²) in [5.74, 6) is 0. The third-order valence-corrected chi connectivity index (χ3v) is 10.8. The van der Waals surface area contributed by atoms with Crippen molar-refractivity contribution < 1.29 is 15.4 Å². The van der Waals surface area contributed by atoms with Gasteiger partial charge in [-0.05, 0) is 115 Å². The van der Waals surface area contributed by atoms with Crippen LogP contribution in [-0.4, -0.2) is 0 Å². The molecule has 0 aliphatic rings. The number of furan rings is 1. The fourth-order valence-corrected chi connectivity index (χ4v) is 8.00. The zero-order valence-corrected chi connectivity index (χ0v) is 31.1. The number of nitrogens with zero attached hydrogens (tertiary/aromatic N) is 1. The Hall–Kier alpha value is -7.68. The van der Waals surface area contributed by atoms with Gasteiger partial charge in [-0.3, -0.25) is 0 Å². The van der Waals surface area contributed by atoms with Crippen molar-refractivity contribution in [2.24, 2.45) is 0 Å². The van der Waals surface area contributed by atoms with E-state index in [1.54, 1.807) is 30.3 Å². The zero-order valence-electron chi connectivity index (χ0n) is 39.1. The van der Waals surface area contributed by atoms with Gasteiger partial charge in [-0.2, -0.15) is 0 Å². The van der Waals surface area contributed by atoms with Gasteiger partial charge in [0, 0.05) is 22.1 Å². The highest BCUT2D eigenvalue weighted by molar-refractivity contribution is 6.19. The average molecular weight is 748 g/mol. The molecule has 2 heteroatoms. The predicted octanol–water partition coefficient (Wildman–Crippen LogP) is 16.0. The maximum absolute atomic E-state index is 9.78. The fourth-order valence-electron chi connectivity index (χ4n) is 8.00. The van der Waals surface area contributed by atoms with E-state index in [1.807, 2.05) is 146 Å². The number of hydrogen-bond donors (Lipinski definition) is 0. The van der Waals surface area contributed by atoms with Gasteiger partial charge >= 0.3 is 0 Å². The lowest BCUT2D eigenvalue weighted by Gasteiger charge is -2.26. The zero-order chi connectivity index (χ0) is 45.4. The van der Waals surface area contributed by atoms with E-state index in [-0.39, 0.29) is 46.7 Å². The van der Waals surface area contributed by atoms with Crippen LogP contribution in [0.1, 0.15) is 11.0 Å². The average Bonchev–Trinajstić information content (AvgIpc) is 3.75. The summed E-state index contributed by atoms with van der Waals surface area (Å²) in [6.07, 6.45) is 0. The van der Waals surface area contributed by atoms with Crippen LogP contribution in [0.3, 0.4) is 0 Å². The molecule has 1 aromatic heterocycles. The van der Waals surface area contributed by atoms with E-state index < -0.39 is 24.2 Å². The van der Waals surface area contributed by atoms with Gasteiger partial charge in [-0.1, -0.05) is 170 Å². The minimum Gasteiger partial charge on any atom is -0.455 e. The first-order chi connectivity index (χ1) is 32.1. The van der Waals surface area contributed by atoms with Crippen LogP contribution in [0, 0.1) is 0 Å². The van der Waals surface area contributed by atoms with E-state index in [0.717, 1.165) is 43.8 Å². The van der Waals surface area contributed by atoms with Crippen molar-refractivity contribution in [2.45, 2.75) is 0 Å². The Bertz CT molecular complexity index is 3710. The van der Waals surface area contributed by atoms with Crippen LogP contribution in [0.25, 0.3) is 88.0 Å². The normalized spacial score (nSPS) is 13.4. The molecule has 0 amide bonds. The Balaban J connectivity index is 1.17. The van der Waals surface area contributed by atoms with E-state index in [9.17, 15) is 11.0 Å². The summed E-state index contributed by atoms with van der Waals surface area (Å²) >= 11 is 0. The van der Waals surface area contributed by atoms with E-state index in [2.05, 4.69) is 0 Å². The molecular weight excluding hydrogens is 703 g/mol. The third kappa shape index (κ3) is 5.91. The highest BCUT2D eigenvalue weighted by Crippen LogP contribution is 2.45. The summed E-state index contributed by atoms with van der Waals surface area (Å²) in [5, 5.41) is 5.13. The van der Waals surface area contributed by atoms with Gasteiger partial charge < -0.3 is 9.32 Å². The molecule has 0 atom stereocenters. The highest BCUT2D eigenvalue weighted by atomic mass is 16.3. The van der Waals surface area contributed by atoms with Gasteiger partial charge in [0.25, 0.3) is 0 Å². The van der Waals surface area contributed by atoms with Crippen molar-refractivity contribution in [1.82, 2.24) is 0 Å². The standard InChI is InChI=1S/C56H37NO/c1-2-12-38(13-3-1)43-17-8-18-44(36-43)39-26-31-47(32-27-39)57(53-24-11-25-54-55(53)52-35-30-42-15-5-7-22-51(42)56(52)58-54)48-33-28-40(29-34-48)45-19-9-20-46(37-45)50-23-10-16-41-14-4-6-21-49(41)50/h1-37H/i26D,27D,28D,29D,31D,32D,33D,34D. The third-order valence-electron chi connectivity index (χ3n) is 10.8. The lowest BCUT2D eigenvalue weighted by Crippen LogP contribution is -2.10. The highest BCUT2D eigenvalue weighted by Gasteiger charge is 2.21. The second-order valence-electron chi connectivity index (χ2n) is 14.3. The molecule has 11 aromatic rings. The molecule has 58 heavy (non-hydrogen) atoms. The first-order valence-corrected chi connectivity index (χ1v) is 19.2. The molecule has 272 valence electrons. The Labute approximate surface area is 348 Å². The Morgan fingerprint density at radius 2 is 0.879 bits per heavy atom. The van der Waals surface area contributed by atoms with Crippen molar-refractivity contribution in [2.75, 3.05) is 4.90 Å². The first-order valence-electron chi connectivity index (χ1n) is 23.2. The van der Waals surface area contributed by atoms with Gasteiger partial charge in [0.15, 0.2) is 0 Å². The number of hydrogen-bond acceptors (Lipinski definition) is 2. The van der Waals surface area contributed by atoms with Crippen molar-refractivity contribution in [1.29, 1.82) is 0 Å². The Morgan fingerprint density at radius 3 is 1.59 bits per heavy atom. The summed E-state index contributed by atoms with van der Waals surface area (Å²) < 4.78 is 83.9. The van der Waals surface area contributed by atoms with Crippen LogP contribution in [0.4, 0.5) is 17.1 Å². The molecule has 0 N–H and O–H groups in total. The molecule has 10 aromatic carbocycles. The van der Waals surface area contributed by atoms with Crippen molar-refractivity contribution in [3.05, 3.63) is 224 Å². The second-order valence-corrected chi connectivity index (χ2v) is 14.3. The minimum atomic E-state index is -0.423. The summed E-state index contributed by atoms with van der Waals surface area (Å²) in [7, 11) is 0. The van der Waals surface area contributed by atoms with Crippen LogP contribution in [0.5, 0.6) is 0 Å². The maximum Gasteiger partial charge on any atom is 0.143 e. The molecule has 11 rings (SSSR count). The molecule has 0 aliphatic carbocycles.